The first-order valence-corrected chi connectivity index (χ1v) is 4.40. The van der Waals surface area contributed by atoms with Crippen molar-refractivity contribution in [1.82, 2.24) is 5.32 Å². The van der Waals surface area contributed by atoms with Gasteiger partial charge in [0.05, 0.1) is 19.1 Å². The van der Waals surface area contributed by atoms with Crippen LogP contribution in [0.4, 0.5) is 0 Å². The molecule has 0 aromatic rings. The molecule has 0 aliphatic rings. The van der Waals surface area contributed by atoms with Crippen molar-refractivity contribution >= 4 is 11.7 Å². The minimum Gasteiger partial charge on any atom is -0.377 e. The van der Waals surface area contributed by atoms with Crippen LogP contribution in [0.5, 0.6) is 0 Å². The molecule has 4 heteroatoms. The number of hydrogen-bond acceptors (Lipinski definition) is 3. The van der Waals surface area contributed by atoms with Crippen molar-refractivity contribution in [3.8, 4) is 0 Å². The number of nitrogens with one attached hydrogen (secondary N) is 1. The van der Waals surface area contributed by atoms with E-state index in [4.69, 9.17) is 4.74 Å². The van der Waals surface area contributed by atoms with Gasteiger partial charge < -0.3 is 10.1 Å². The molecular weight excluding hydrogens is 170 g/mol. The Labute approximate surface area is 78.6 Å². The molecule has 1 amide bonds. The largest absolute Gasteiger partial charge is 0.377 e. The molecule has 0 aliphatic carbocycles. The summed E-state index contributed by atoms with van der Waals surface area (Å²) in [7, 11) is 0. The minimum atomic E-state index is -0.236. The fraction of sp³-hybridized carbons (Fsp3) is 0.778. The highest BCUT2D eigenvalue weighted by Gasteiger charge is 2.03. The highest BCUT2D eigenvalue weighted by Crippen LogP contribution is 1.86. The lowest BCUT2D eigenvalue weighted by Gasteiger charge is -2.07. The van der Waals surface area contributed by atoms with Gasteiger partial charge in [-0.2, -0.15) is 0 Å². The lowest BCUT2D eigenvalue weighted by molar-refractivity contribution is -0.127. The fourth-order valence-electron chi connectivity index (χ4n) is 0.774. The number of hydrogen-bond donors (Lipinski definition) is 1. The van der Waals surface area contributed by atoms with Gasteiger partial charge in [0.25, 0.3) is 0 Å². The molecule has 0 unspecified atom stereocenters. The molecule has 0 spiro atoms. The van der Waals surface area contributed by atoms with Gasteiger partial charge in [-0.15, -0.1) is 0 Å². The number of carbonyl (C=O) groups excluding carboxylic acids is 2. The van der Waals surface area contributed by atoms with Gasteiger partial charge in [0, 0.05) is 6.54 Å². The van der Waals surface area contributed by atoms with E-state index < -0.39 is 0 Å². The summed E-state index contributed by atoms with van der Waals surface area (Å²) in [6.45, 7) is 6.20. The molecule has 13 heavy (non-hydrogen) atoms. The molecule has 1 N–H and O–H groups in total. The highest BCUT2D eigenvalue weighted by molar-refractivity contribution is 5.96. The van der Waals surface area contributed by atoms with Crippen LogP contribution in [0.15, 0.2) is 0 Å². The van der Waals surface area contributed by atoms with Crippen LogP contribution in [0.1, 0.15) is 27.2 Å². The number of Topliss-reactive ketones (excluding diaryl/α,β-unsaturated/α-hetero) is 1. The molecule has 0 aliphatic heterocycles. The van der Waals surface area contributed by atoms with Crippen LogP contribution < -0.4 is 5.32 Å². The Bertz CT molecular complexity index is 178. The monoisotopic (exact) mass is 187 g/mol. The molecule has 0 atom stereocenters. The maximum atomic E-state index is 10.9. The van der Waals surface area contributed by atoms with Crippen molar-refractivity contribution in [3.63, 3.8) is 0 Å². The van der Waals surface area contributed by atoms with Crippen LogP contribution >= 0.6 is 0 Å². The van der Waals surface area contributed by atoms with Crippen molar-refractivity contribution < 1.29 is 14.3 Å². The van der Waals surface area contributed by atoms with Crippen LogP contribution in [0, 0.1) is 0 Å². The molecule has 0 fully saturated rings. The molecule has 0 bridgehead atoms. The molecule has 0 heterocycles. The Morgan fingerprint density at radius 2 is 2.00 bits per heavy atom. The van der Waals surface area contributed by atoms with E-state index in [0.29, 0.717) is 13.2 Å². The maximum Gasteiger partial charge on any atom is 0.227 e. The van der Waals surface area contributed by atoms with E-state index in [9.17, 15) is 9.59 Å². The van der Waals surface area contributed by atoms with Crippen LogP contribution in [-0.2, 0) is 14.3 Å². The van der Waals surface area contributed by atoms with Crippen molar-refractivity contribution in [2.45, 2.75) is 33.3 Å². The summed E-state index contributed by atoms with van der Waals surface area (Å²) >= 11 is 0. The summed E-state index contributed by atoms with van der Waals surface area (Å²) < 4.78 is 5.20. The fourth-order valence-corrected chi connectivity index (χ4v) is 0.774. The quantitative estimate of drug-likeness (QED) is 0.487. The van der Waals surface area contributed by atoms with Gasteiger partial charge in [-0.25, -0.2) is 0 Å². The van der Waals surface area contributed by atoms with E-state index in [0.717, 1.165) is 0 Å². The summed E-state index contributed by atoms with van der Waals surface area (Å²) in [6.07, 6.45) is 0.131. The minimum absolute atomic E-state index is 0.0400. The third-order valence-electron chi connectivity index (χ3n) is 1.28. The van der Waals surface area contributed by atoms with Crippen molar-refractivity contribution in [1.29, 1.82) is 0 Å². The van der Waals surface area contributed by atoms with E-state index in [2.05, 4.69) is 5.32 Å². The molecule has 0 aromatic heterocycles. The van der Waals surface area contributed by atoms with Gasteiger partial charge in [-0.3, -0.25) is 9.59 Å². The average Bonchev–Trinajstić information content (AvgIpc) is 1.96. The lowest BCUT2D eigenvalue weighted by atomic mass is 10.3. The molecule has 0 rings (SSSR count). The highest BCUT2D eigenvalue weighted by atomic mass is 16.5. The van der Waals surface area contributed by atoms with E-state index >= 15 is 0 Å². The molecule has 76 valence electrons. The second kappa shape index (κ2) is 6.60. The van der Waals surface area contributed by atoms with Crippen LogP contribution in [0.2, 0.25) is 0 Å². The lowest BCUT2D eigenvalue weighted by Crippen LogP contribution is -2.29. The first-order chi connectivity index (χ1) is 6.02. The molecule has 0 aromatic carbocycles. The molecular formula is C9H17NO3. The smallest absolute Gasteiger partial charge is 0.227 e. The van der Waals surface area contributed by atoms with E-state index in [-0.39, 0.29) is 24.2 Å². The summed E-state index contributed by atoms with van der Waals surface area (Å²) in [6, 6.07) is 0. The normalized spacial score (nSPS) is 10.2. The Morgan fingerprint density at radius 1 is 1.38 bits per heavy atom. The molecule has 4 nitrogen and oxygen atoms in total. The Hall–Kier alpha value is -0.900. The van der Waals surface area contributed by atoms with E-state index in [1.807, 2.05) is 13.8 Å². The SMILES string of the molecule is CC(=O)CC(=O)NCCOC(C)C. The summed E-state index contributed by atoms with van der Waals surface area (Å²) in [4.78, 5) is 21.4. The third kappa shape index (κ3) is 9.01. The summed E-state index contributed by atoms with van der Waals surface area (Å²) in [5.41, 5.74) is 0. The zero-order valence-electron chi connectivity index (χ0n) is 8.42. The predicted octanol–water partition coefficient (Wildman–Crippen LogP) is 0.507. The number of carbonyl (C=O) groups is 2. The second-order valence-electron chi connectivity index (χ2n) is 3.15. The van der Waals surface area contributed by atoms with Gasteiger partial charge in [-0.1, -0.05) is 0 Å². The Kier molecular flexibility index (Phi) is 6.14. The van der Waals surface area contributed by atoms with Crippen molar-refractivity contribution in [2.24, 2.45) is 0 Å². The summed E-state index contributed by atoms with van der Waals surface area (Å²) in [5.74, 6) is -0.359. The van der Waals surface area contributed by atoms with E-state index in [1.54, 1.807) is 0 Å². The van der Waals surface area contributed by atoms with Crippen LogP contribution in [0.3, 0.4) is 0 Å². The maximum absolute atomic E-state index is 10.9. The van der Waals surface area contributed by atoms with Crippen molar-refractivity contribution in [2.75, 3.05) is 13.2 Å². The zero-order valence-corrected chi connectivity index (χ0v) is 8.42. The predicted molar refractivity (Wildman–Crippen MR) is 49.4 cm³/mol. The van der Waals surface area contributed by atoms with Gasteiger partial charge in [0.2, 0.25) is 5.91 Å². The van der Waals surface area contributed by atoms with Crippen LogP contribution in [-0.4, -0.2) is 30.9 Å². The standard InChI is InChI=1S/C9H17NO3/c1-7(2)13-5-4-10-9(12)6-8(3)11/h7H,4-6H2,1-3H3,(H,10,12). The second-order valence-corrected chi connectivity index (χ2v) is 3.15. The third-order valence-corrected chi connectivity index (χ3v) is 1.28. The van der Waals surface area contributed by atoms with E-state index in [1.165, 1.54) is 6.92 Å². The van der Waals surface area contributed by atoms with Gasteiger partial charge in [0.15, 0.2) is 0 Å². The topological polar surface area (TPSA) is 55.4 Å². The zero-order chi connectivity index (χ0) is 10.3. The molecule has 0 saturated carbocycles. The van der Waals surface area contributed by atoms with Gasteiger partial charge >= 0.3 is 0 Å². The van der Waals surface area contributed by atoms with Gasteiger partial charge in [0.1, 0.15) is 5.78 Å². The molecule has 0 saturated heterocycles. The molecule has 0 radical (unpaired) electrons. The first kappa shape index (κ1) is 12.1. The number of ketones is 1. The van der Waals surface area contributed by atoms with Gasteiger partial charge in [-0.05, 0) is 20.8 Å². The average molecular weight is 187 g/mol. The summed E-state index contributed by atoms with van der Waals surface area (Å²) in [5, 5.41) is 2.58. The van der Waals surface area contributed by atoms with Crippen LogP contribution in [0.25, 0.3) is 0 Å². The van der Waals surface area contributed by atoms with Crippen molar-refractivity contribution in [3.05, 3.63) is 0 Å². The Morgan fingerprint density at radius 3 is 2.46 bits per heavy atom. The number of amides is 1. The number of rotatable bonds is 6. The number of ether oxygens (including phenoxy) is 1. The first-order valence-electron chi connectivity index (χ1n) is 4.40. The Balaban J connectivity index is 3.32.